The average molecular weight is 239 g/mol. The number of rotatable bonds is 8. The minimum Gasteiger partial charge on any atom is -0.389 e. The van der Waals surface area contributed by atoms with Gasteiger partial charge in [-0.25, -0.2) is 0 Å². The fourth-order valence-electron chi connectivity index (χ4n) is 2.12. The van der Waals surface area contributed by atoms with E-state index >= 15 is 0 Å². The Morgan fingerprint density at radius 3 is 2.82 bits per heavy atom. The van der Waals surface area contributed by atoms with Crippen molar-refractivity contribution in [2.24, 2.45) is 0 Å². The second kappa shape index (κ2) is 9.47. The van der Waals surface area contributed by atoms with Crippen molar-refractivity contribution < 1.29 is 9.84 Å². The van der Waals surface area contributed by atoms with Gasteiger partial charge in [0.25, 0.3) is 0 Å². The molecule has 1 aliphatic rings. The molecule has 1 fully saturated rings. The first-order chi connectivity index (χ1) is 8.33. The molecular weight excluding hydrogens is 214 g/mol. The first-order valence-electron chi connectivity index (χ1n) is 6.76. The Morgan fingerprint density at radius 1 is 1.35 bits per heavy atom. The quantitative estimate of drug-likeness (QED) is 0.500. The molecule has 0 bridgehead atoms. The van der Waals surface area contributed by atoms with Gasteiger partial charge in [0.15, 0.2) is 0 Å². The summed E-state index contributed by atoms with van der Waals surface area (Å²) in [6, 6.07) is 0. The van der Waals surface area contributed by atoms with Crippen LogP contribution in [0.1, 0.15) is 44.9 Å². The topological polar surface area (TPSA) is 41.5 Å². The van der Waals surface area contributed by atoms with E-state index in [1.54, 1.807) is 0 Å². The average Bonchev–Trinajstić information content (AvgIpc) is 2.37. The Balaban J connectivity index is 1.93. The van der Waals surface area contributed by atoms with Crippen LogP contribution in [0.25, 0.3) is 0 Å². The largest absolute Gasteiger partial charge is 0.389 e. The highest BCUT2D eigenvalue weighted by Gasteiger charge is 2.15. The maximum Gasteiger partial charge on any atom is 0.0897 e. The number of terminal acetylenes is 1. The SMILES string of the molecule is C#CCCCNCC(O)COC1CCCCC1. The van der Waals surface area contributed by atoms with E-state index in [0.29, 0.717) is 19.3 Å². The first kappa shape index (κ1) is 14.5. The van der Waals surface area contributed by atoms with Gasteiger partial charge in [-0.15, -0.1) is 12.3 Å². The number of aliphatic hydroxyl groups is 1. The van der Waals surface area contributed by atoms with E-state index in [-0.39, 0.29) is 0 Å². The minimum atomic E-state index is -0.400. The highest BCUT2D eigenvalue weighted by atomic mass is 16.5. The van der Waals surface area contributed by atoms with Crippen molar-refractivity contribution in [3.8, 4) is 12.3 Å². The summed E-state index contributed by atoms with van der Waals surface area (Å²) in [5.74, 6) is 2.60. The zero-order chi connectivity index (χ0) is 12.3. The van der Waals surface area contributed by atoms with Crippen LogP contribution in [0.2, 0.25) is 0 Å². The maximum atomic E-state index is 9.71. The van der Waals surface area contributed by atoms with Crippen molar-refractivity contribution in [1.82, 2.24) is 5.32 Å². The predicted octanol–water partition coefficient (Wildman–Crippen LogP) is 1.70. The maximum absolute atomic E-state index is 9.71. The molecule has 1 atom stereocenters. The third-order valence-electron chi connectivity index (χ3n) is 3.13. The summed E-state index contributed by atoms with van der Waals surface area (Å²) in [4.78, 5) is 0. The number of hydrogen-bond acceptors (Lipinski definition) is 3. The van der Waals surface area contributed by atoms with Crippen molar-refractivity contribution in [2.75, 3.05) is 19.7 Å². The van der Waals surface area contributed by atoms with Gasteiger partial charge in [0.1, 0.15) is 0 Å². The Kier molecular flexibility index (Phi) is 8.08. The lowest BCUT2D eigenvalue weighted by Gasteiger charge is -2.23. The second-order valence-corrected chi connectivity index (χ2v) is 4.76. The lowest BCUT2D eigenvalue weighted by Crippen LogP contribution is -2.32. The molecule has 0 amide bonds. The molecular formula is C14H25NO2. The molecule has 1 saturated carbocycles. The van der Waals surface area contributed by atoms with Crippen LogP contribution in [-0.4, -0.2) is 37.0 Å². The van der Waals surface area contributed by atoms with Gasteiger partial charge < -0.3 is 15.2 Å². The van der Waals surface area contributed by atoms with Crippen LogP contribution in [0.5, 0.6) is 0 Å². The molecule has 17 heavy (non-hydrogen) atoms. The second-order valence-electron chi connectivity index (χ2n) is 4.76. The smallest absolute Gasteiger partial charge is 0.0897 e. The molecule has 0 saturated heterocycles. The molecule has 98 valence electrons. The molecule has 0 aliphatic heterocycles. The van der Waals surface area contributed by atoms with Crippen molar-refractivity contribution in [3.63, 3.8) is 0 Å². The fourth-order valence-corrected chi connectivity index (χ4v) is 2.12. The van der Waals surface area contributed by atoms with Crippen molar-refractivity contribution in [2.45, 2.75) is 57.2 Å². The van der Waals surface area contributed by atoms with E-state index in [2.05, 4.69) is 11.2 Å². The van der Waals surface area contributed by atoms with Crippen molar-refractivity contribution in [3.05, 3.63) is 0 Å². The molecule has 1 rings (SSSR count). The third-order valence-corrected chi connectivity index (χ3v) is 3.13. The summed E-state index contributed by atoms with van der Waals surface area (Å²) in [7, 11) is 0. The molecule has 3 heteroatoms. The predicted molar refractivity (Wildman–Crippen MR) is 69.8 cm³/mol. The molecule has 3 nitrogen and oxygen atoms in total. The highest BCUT2D eigenvalue weighted by Crippen LogP contribution is 2.20. The Bertz CT molecular complexity index is 219. The molecule has 0 aromatic rings. The van der Waals surface area contributed by atoms with E-state index in [4.69, 9.17) is 11.2 Å². The van der Waals surface area contributed by atoms with Crippen molar-refractivity contribution >= 4 is 0 Å². The van der Waals surface area contributed by atoms with Crippen LogP contribution < -0.4 is 5.32 Å². The van der Waals surface area contributed by atoms with Gasteiger partial charge in [0, 0.05) is 13.0 Å². The summed E-state index contributed by atoms with van der Waals surface area (Å²) in [6.45, 7) is 1.91. The molecule has 0 spiro atoms. The van der Waals surface area contributed by atoms with Gasteiger partial charge in [0.05, 0.1) is 18.8 Å². The number of nitrogens with one attached hydrogen (secondary N) is 1. The summed E-state index contributed by atoms with van der Waals surface area (Å²) in [5.41, 5.74) is 0. The molecule has 1 aliphatic carbocycles. The van der Waals surface area contributed by atoms with E-state index in [1.807, 2.05) is 0 Å². The van der Waals surface area contributed by atoms with Gasteiger partial charge in [-0.05, 0) is 25.8 Å². The van der Waals surface area contributed by atoms with Gasteiger partial charge in [-0.3, -0.25) is 0 Å². The minimum absolute atomic E-state index is 0.375. The highest BCUT2D eigenvalue weighted by molar-refractivity contribution is 4.83. The number of ether oxygens (including phenoxy) is 1. The number of hydrogen-bond donors (Lipinski definition) is 2. The van der Waals surface area contributed by atoms with E-state index < -0.39 is 6.10 Å². The Morgan fingerprint density at radius 2 is 2.12 bits per heavy atom. The zero-order valence-electron chi connectivity index (χ0n) is 10.7. The lowest BCUT2D eigenvalue weighted by molar-refractivity contribution is -0.0229. The molecule has 0 heterocycles. The van der Waals surface area contributed by atoms with Gasteiger partial charge >= 0.3 is 0 Å². The van der Waals surface area contributed by atoms with Crippen LogP contribution in [-0.2, 0) is 4.74 Å². The zero-order valence-corrected chi connectivity index (χ0v) is 10.7. The Labute approximate surface area is 105 Å². The van der Waals surface area contributed by atoms with Crippen molar-refractivity contribution in [1.29, 1.82) is 0 Å². The van der Waals surface area contributed by atoms with E-state index in [1.165, 1.54) is 19.3 Å². The van der Waals surface area contributed by atoms with Crippen LogP contribution in [0.15, 0.2) is 0 Å². The number of unbranched alkanes of at least 4 members (excludes halogenated alkanes) is 1. The normalized spacial score (nSPS) is 18.8. The monoisotopic (exact) mass is 239 g/mol. The van der Waals surface area contributed by atoms with E-state index in [9.17, 15) is 5.11 Å². The summed E-state index contributed by atoms with van der Waals surface area (Å²) in [5, 5.41) is 12.9. The van der Waals surface area contributed by atoms with E-state index in [0.717, 1.165) is 32.2 Å². The van der Waals surface area contributed by atoms with Gasteiger partial charge in [-0.1, -0.05) is 19.3 Å². The summed E-state index contributed by atoms with van der Waals surface area (Å²) >= 11 is 0. The van der Waals surface area contributed by atoms with Crippen LogP contribution in [0.4, 0.5) is 0 Å². The molecule has 2 N–H and O–H groups in total. The summed E-state index contributed by atoms with van der Waals surface area (Å²) < 4.78 is 5.70. The standard InChI is InChI=1S/C14H25NO2/c1-2-3-7-10-15-11-13(16)12-17-14-8-5-4-6-9-14/h1,13-16H,3-12H2. The molecule has 0 aromatic carbocycles. The molecule has 0 aromatic heterocycles. The van der Waals surface area contributed by atoms with Crippen LogP contribution in [0.3, 0.4) is 0 Å². The first-order valence-corrected chi connectivity index (χ1v) is 6.76. The van der Waals surface area contributed by atoms with Gasteiger partial charge in [0.2, 0.25) is 0 Å². The molecule has 0 radical (unpaired) electrons. The third kappa shape index (κ3) is 7.38. The number of aliphatic hydroxyl groups excluding tert-OH is 1. The fraction of sp³-hybridized carbons (Fsp3) is 0.857. The van der Waals surface area contributed by atoms with Gasteiger partial charge in [-0.2, -0.15) is 0 Å². The molecule has 1 unspecified atom stereocenters. The summed E-state index contributed by atoms with van der Waals surface area (Å²) in [6.07, 6.45) is 13.1. The van der Waals surface area contributed by atoms with Crippen LogP contribution >= 0.6 is 0 Å². The Hall–Kier alpha value is -0.560. The van der Waals surface area contributed by atoms with Crippen LogP contribution in [0, 0.1) is 12.3 Å². The lowest BCUT2D eigenvalue weighted by atomic mass is 9.98.